The Morgan fingerprint density at radius 1 is 1.20 bits per heavy atom. The number of furan rings is 1. The highest BCUT2D eigenvalue weighted by molar-refractivity contribution is 7.80. The van der Waals surface area contributed by atoms with Gasteiger partial charge in [0, 0.05) is 29.1 Å². The number of carbonyl (C=O) groups is 1. The van der Waals surface area contributed by atoms with Crippen molar-refractivity contribution in [1.29, 1.82) is 0 Å². The van der Waals surface area contributed by atoms with Gasteiger partial charge in [0.1, 0.15) is 17.1 Å². The molecular weight excluding hydrogens is 449 g/mol. The zero-order chi connectivity index (χ0) is 21.8. The van der Waals surface area contributed by atoms with Crippen LogP contribution in [0.2, 0.25) is 10.0 Å². The lowest BCUT2D eigenvalue weighted by Gasteiger charge is -2.26. The number of benzene rings is 2. The number of hydrogen-bond donors (Lipinski definition) is 0. The van der Waals surface area contributed by atoms with Gasteiger partial charge in [-0.2, -0.15) is 0 Å². The molecule has 1 heterocycles. The van der Waals surface area contributed by atoms with Gasteiger partial charge in [0.05, 0.1) is 17.2 Å². The minimum Gasteiger partial charge on any atom is -0.755 e. The molecule has 158 valence electrons. The summed E-state index contributed by atoms with van der Waals surface area (Å²) in [5.41, 5.74) is 2.29. The molecule has 0 spiro atoms. The van der Waals surface area contributed by atoms with Crippen molar-refractivity contribution in [3.8, 4) is 11.3 Å². The summed E-state index contributed by atoms with van der Waals surface area (Å²) < 4.78 is 35.2. The highest BCUT2D eigenvalue weighted by Crippen LogP contribution is 2.29. The molecule has 2 aromatic carbocycles. The predicted octanol–water partition coefficient (Wildman–Crippen LogP) is 5.19. The summed E-state index contributed by atoms with van der Waals surface area (Å²) in [5.74, 6) is 0.452. The molecule has 0 saturated heterocycles. The Balaban J connectivity index is 1.79. The van der Waals surface area contributed by atoms with Gasteiger partial charge in [0.25, 0.3) is 0 Å². The quantitative estimate of drug-likeness (QED) is 0.353. The van der Waals surface area contributed by atoms with E-state index in [4.69, 9.17) is 32.4 Å². The van der Waals surface area contributed by atoms with E-state index in [-0.39, 0.29) is 6.54 Å². The lowest BCUT2D eigenvalue weighted by atomic mass is 10.1. The van der Waals surface area contributed by atoms with E-state index in [1.165, 1.54) is 11.4 Å². The minimum atomic E-state index is -2.48. The maximum atomic E-state index is 11.8. The fourth-order valence-corrected chi connectivity index (χ4v) is 3.93. The van der Waals surface area contributed by atoms with Crippen LogP contribution >= 0.6 is 23.2 Å². The average molecular weight is 467 g/mol. The zero-order valence-electron chi connectivity index (χ0n) is 16.2. The second-order valence-electron chi connectivity index (χ2n) is 6.40. The fourth-order valence-electron chi connectivity index (χ4n) is 2.98. The highest BCUT2D eigenvalue weighted by Gasteiger charge is 2.17. The van der Waals surface area contributed by atoms with Gasteiger partial charge in [-0.05, 0) is 55.3 Å². The molecule has 6 nitrogen and oxygen atoms in total. The first-order chi connectivity index (χ1) is 14.3. The van der Waals surface area contributed by atoms with Crippen LogP contribution in [0.1, 0.15) is 21.7 Å². The number of hydrogen-bond acceptors (Lipinski definition) is 5. The second-order valence-corrected chi connectivity index (χ2v) is 8.06. The summed E-state index contributed by atoms with van der Waals surface area (Å²) in [7, 11) is 1.30. The summed E-state index contributed by atoms with van der Waals surface area (Å²) in [6.07, 6.45) is 0.398. The Labute approximate surface area is 186 Å². The molecule has 3 aromatic rings. The van der Waals surface area contributed by atoms with Crippen LogP contribution in [0.4, 0.5) is 5.69 Å². The monoisotopic (exact) mass is 466 g/mol. The van der Waals surface area contributed by atoms with E-state index in [1.807, 2.05) is 0 Å². The Morgan fingerprint density at radius 2 is 1.90 bits per heavy atom. The van der Waals surface area contributed by atoms with Crippen LogP contribution in [0, 0.1) is 6.92 Å². The van der Waals surface area contributed by atoms with Gasteiger partial charge in [-0.1, -0.05) is 35.3 Å². The standard InChI is InChI=1S/C21H19Cl2NO5S/c1-13-17(21(25)28-2)12-19(29-13)14-6-8-16(9-7-14)24(30(26)27)11-10-15-4-3-5-18(22)20(15)23/h3-9,12H,10-11H2,1-2H3,(H,26,27)/p-1. The first-order valence-corrected chi connectivity index (χ1v) is 10.7. The summed E-state index contributed by atoms with van der Waals surface area (Å²) in [5, 5.41) is 0.842. The Kier molecular flexibility index (Phi) is 7.20. The van der Waals surface area contributed by atoms with Crippen LogP contribution in [-0.2, 0) is 22.4 Å². The Morgan fingerprint density at radius 3 is 2.53 bits per heavy atom. The van der Waals surface area contributed by atoms with Gasteiger partial charge in [-0.25, -0.2) is 4.79 Å². The molecular formula is C21H18Cl2NO5S-. The molecule has 9 heteroatoms. The largest absolute Gasteiger partial charge is 0.755 e. The molecule has 0 fully saturated rings. The lowest BCUT2D eigenvalue weighted by molar-refractivity contribution is 0.0599. The van der Waals surface area contributed by atoms with Crippen molar-refractivity contribution in [1.82, 2.24) is 0 Å². The Bertz CT molecular complexity index is 1080. The van der Waals surface area contributed by atoms with Crippen molar-refractivity contribution >= 4 is 46.1 Å². The normalized spacial score (nSPS) is 11.9. The number of anilines is 1. The van der Waals surface area contributed by atoms with Crippen molar-refractivity contribution < 1.29 is 22.7 Å². The summed E-state index contributed by atoms with van der Waals surface area (Å²) in [4.78, 5) is 11.8. The van der Waals surface area contributed by atoms with Crippen molar-refractivity contribution in [3.63, 3.8) is 0 Å². The lowest BCUT2D eigenvalue weighted by Crippen LogP contribution is -2.27. The van der Waals surface area contributed by atoms with Crippen molar-refractivity contribution in [2.75, 3.05) is 18.0 Å². The molecule has 1 aromatic heterocycles. The third-order valence-electron chi connectivity index (χ3n) is 4.56. The van der Waals surface area contributed by atoms with Crippen molar-refractivity contribution in [2.45, 2.75) is 13.3 Å². The maximum Gasteiger partial charge on any atom is 0.341 e. The number of aryl methyl sites for hydroxylation is 1. The molecule has 0 radical (unpaired) electrons. The number of esters is 1. The van der Waals surface area contributed by atoms with Crippen LogP contribution in [-0.4, -0.2) is 28.4 Å². The molecule has 0 saturated carbocycles. The predicted molar refractivity (Wildman–Crippen MR) is 117 cm³/mol. The summed E-state index contributed by atoms with van der Waals surface area (Å²) >= 11 is 9.74. The van der Waals surface area contributed by atoms with Crippen molar-refractivity contribution in [3.05, 3.63) is 75.5 Å². The average Bonchev–Trinajstić information content (AvgIpc) is 3.12. The third kappa shape index (κ3) is 4.87. The van der Waals surface area contributed by atoms with Gasteiger partial charge in [-0.3, -0.25) is 4.21 Å². The molecule has 3 rings (SSSR count). The third-order valence-corrected chi connectivity index (χ3v) is 6.17. The Hall–Kier alpha value is -2.32. The van der Waals surface area contributed by atoms with Gasteiger partial charge in [0.2, 0.25) is 0 Å². The van der Waals surface area contributed by atoms with E-state index in [0.29, 0.717) is 44.8 Å². The molecule has 0 amide bonds. The molecule has 0 N–H and O–H groups in total. The van der Waals surface area contributed by atoms with Gasteiger partial charge >= 0.3 is 5.97 Å². The molecule has 0 bridgehead atoms. The molecule has 0 aliphatic heterocycles. The smallest absolute Gasteiger partial charge is 0.341 e. The van der Waals surface area contributed by atoms with E-state index >= 15 is 0 Å². The van der Waals surface area contributed by atoms with Crippen LogP contribution in [0.15, 0.2) is 52.9 Å². The molecule has 0 aliphatic carbocycles. The zero-order valence-corrected chi connectivity index (χ0v) is 18.5. The number of carbonyl (C=O) groups excluding carboxylic acids is 1. The van der Waals surface area contributed by atoms with Crippen LogP contribution in [0.25, 0.3) is 11.3 Å². The fraction of sp³-hybridized carbons (Fsp3) is 0.190. The van der Waals surface area contributed by atoms with Crippen LogP contribution in [0.5, 0.6) is 0 Å². The first-order valence-electron chi connectivity index (χ1n) is 8.90. The van der Waals surface area contributed by atoms with E-state index in [1.54, 1.807) is 55.5 Å². The number of rotatable bonds is 7. The number of nitrogens with zero attached hydrogens (tertiary/aromatic N) is 1. The molecule has 30 heavy (non-hydrogen) atoms. The van der Waals surface area contributed by atoms with E-state index < -0.39 is 17.2 Å². The molecule has 1 unspecified atom stereocenters. The highest BCUT2D eigenvalue weighted by atomic mass is 35.5. The number of halogens is 2. The number of ether oxygens (including phenoxy) is 1. The van der Waals surface area contributed by atoms with Gasteiger partial charge in [-0.15, -0.1) is 0 Å². The first kappa shape index (κ1) is 22.4. The maximum absolute atomic E-state index is 11.8. The molecule has 0 aliphatic rings. The molecule has 1 atom stereocenters. The second kappa shape index (κ2) is 9.66. The van der Waals surface area contributed by atoms with E-state index in [2.05, 4.69) is 0 Å². The van der Waals surface area contributed by atoms with E-state index in [0.717, 1.165) is 5.56 Å². The summed E-state index contributed by atoms with van der Waals surface area (Å²) in [6, 6.07) is 13.6. The van der Waals surface area contributed by atoms with Crippen molar-refractivity contribution in [2.24, 2.45) is 0 Å². The van der Waals surface area contributed by atoms with Gasteiger partial charge in [0.15, 0.2) is 0 Å². The van der Waals surface area contributed by atoms with Gasteiger partial charge < -0.3 is 18.0 Å². The number of methoxy groups -OCH3 is 1. The van der Waals surface area contributed by atoms with Crippen LogP contribution < -0.4 is 4.31 Å². The van der Waals surface area contributed by atoms with Crippen LogP contribution in [0.3, 0.4) is 0 Å². The SMILES string of the molecule is COC(=O)c1cc(-c2ccc(N(CCc3cccc(Cl)c3Cl)S(=O)[O-])cc2)oc1C. The summed E-state index contributed by atoms with van der Waals surface area (Å²) in [6.45, 7) is 1.87. The van der Waals surface area contributed by atoms with E-state index in [9.17, 15) is 13.6 Å². The minimum absolute atomic E-state index is 0.196. The topological polar surface area (TPSA) is 82.8 Å².